The van der Waals surface area contributed by atoms with E-state index in [9.17, 15) is 9.90 Å². The molecule has 0 bridgehead atoms. The van der Waals surface area contributed by atoms with Gasteiger partial charge in [0.1, 0.15) is 5.69 Å². The Bertz CT molecular complexity index is 737. The van der Waals surface area contributed by atoms with Crippen molar-refractivity contribution >= 4 is 16.8 Å². The van der Waals surface area contributed by atoms with Crippen molar-refractivity contribution in [2.24, 2.45) is 0 Å². The average Bonchev–Trinajstić information content (AvgIpc) is 2.86. The summed E-state index contributed by atoms with van der Waals surface area (Å²) in [7, 11) is 3.94. The second kappa shape index (κ2) is 6.57. The van der Waals surface area contributed by atoms with Gasteiger partial charge >= 0.3 is 0 Å². The smallest absolute Gasteiger partial charge is 0.270 e. The van der Waals surface area contributed by atoms with E-state index in [2.05, 4.69) is 18.0 Å². The number of aromatic amines is 1. The van der Waals surface area contributed by atoms with Crippen molar-refractivity contribution in [3.63, 3.8) is 0 Å². The topological polar surface area (TPSA) is 59.6 Å². The lowest BCUT2D eigenvalue weighted by Crippen LogP contribution is -2.41. The Balaban J connectivity index is 1.76. The summed E-state index contributed by atoms with van der Waals surface area (Å²) in [5, 5.41) is 11.9. The number of aryl methyl sites for hydroxylation is 1. The molecule has 1 atom stereocenters. The Hall–Kier alpha value is -1.85. The molecule has 1 aliphatic rings. The first kappa shape index (κ1) is 17.0. The van der Waals surface area contributed by atoms with E-state index in [4.69, 9.17) is 0 Å². The van der Waals surface area contributed by atoms with Gasteiger partial charge in [0, 0.05) is 30.5 Å². The highest BCUT2D eigenvalue weighted by Gasteiger charge is 2.32. The number of benzene rings is 1. The number of amides is 1. The third-order valence-electron chi connectivity index (χ3n) is 4.93. The average molecular weight is 329 g/mol. The number of carbonyl (C=O) groups excluding carboxylic acids is 1. The fourth-order valence-corrected chi connectivity index (χ4v) is 3.72. The van der Waals surface area contributed by atoms with Crippen molar-refractivity contribution in [3.05, 3.63) is 35.5 Å². The maximum absolute atomic E-state index is 12.9. The molecule has 1 saturated heterocycles. The molecule has 2 aromatic rings. The Labute approximate surface area is 143 Å². The van der Waals surface area contributed by atoms with E-state index in [-0.39, 0.29) is 5.91 Å². The molecule has 0 aliphatic carbocycles. The lowest BCUT2D eigenvalue weighted by Gasteiger charge is -2.29. The SMILES string of the molecule is Cc1cccc2[nH]c(C(=O)N3CCCC(O)(CN(C)C)CC3)cc12. The largest absolute Gasteiger partial charge is 0.388 e. The van der Waals surface area contributed by atoms with Crippen molar-refractivity contribution in [2.75, 3.05) is 33.7 Å². The third kappa shape index (κ3) is 3.47. The number of likely N-dealkylation sites (N-methyl/N-ethyl adjacent to an activating group) is 1. The number of nitrogens with one attached hydrogen (secondary N) is 1. The Morgan fingerprint density at radius 1 is 1.33 bits per heavy atom. The van der Waals surface area contributed by atoms with Crippen LogP contribution in [-0.2, 0) is 0 Å². The number of rotatable bonds is 3. The maximum Gasteiger partial charge on any atom is 0.270 e. The van der Waals surface area contributed by atoms with Crippen molar-refractivity contribution in [1.82, 2.24) is 14.8 Å². The molecule has 130 valence electrons. The normalized spacial score (nSPS) is 22.1. The van der Waals surface area contributed by atoms with Crippen molar-refractivity contribution < 1.29 is 9.90 Å². The van der Waals surface area contributed by atoms with Gasteiger partial charge in [-0.25, -0.2) is 0 Å². The standard InChI is InChI=1S/C19H27N3O2/c1-14-6-4-7-16-15(14)12-17(20-16)18(23)22-10-5-8-19(24,9-11-22)13-21(2)3/h4,6-7,12,20,24H,5,8-11,13H2,1-3H3. The van der Waals surface area contributed by atoms with E-state index in [0.29, 0.717) is 31.7 Å². The third-order valence-corrected chi connectivity index (χ3v) is 4.93. The number of likely N-dealkylation sites (tertiary alicyclic amines) is 1. The van der Waals surface area contributed by atoms with E-state index in [1.54, 1.807) is 0 Å². The van der Waals surface area contributed by atoms with Crippen LogP contribution in [0.25, 0.3) is 10.9 Å². The molecule has 2 heterocycles. The lowest BCUT2D eigenvalue weighted by molar-refractivity contribution is 0.00303. The quantitative estimate of drug-likeness (QED) is 0.909. The van der Waals surface area contributed by atoms with Gasteiger partial charge in [-0.05, 0) is 58.0 Å². The van der Waals surface area contributed by atoms with Gasteiger partial charge in [-0.1, -0.05) is 12.1 Å². The minimum atomic E-state index is -0.699. The molecule has 5 heteroatoms. The lowest BCUT2D eigenvalue weighted by atomic mass is 9.94. The van der Waals surface area contributed by atoms with Crippen molar-refractivity contribution in [3.8, 4) is 0 Å². The number of fused-ring (bicyclic) bond motifs is 1. The van der Waals surface area contributed by atoms with Crippen molar-refractivity contribution in [2.45, 2.75) is 31.8 Å². The molecule has 1 fully saturated rings. The van der Waals surface area contributed by atoms with E-state index >= 15 is 0 Å². The minimum Gasteiger partial charge on any atom is -0.388 e. The van der Waals surface area contributed by atoms with Gasteiger partial charge < -0.3 is 19.9 Å². The van der Waals surface area contributed by atoms with Crippen LogP contribution in [0, 0.1) is 6.92 Å². The zero-order chi connectivity index (χ0) is 17.3. The molecule has 24 heavy (non-hydrogen) atoms. The molecule has 1 unspecified atom stereocenters. The van der Waals surface area contributed by atoms with Crippen LogP contribution in [0.3, 0.4) is 0 Å². The number of carbonyl (C=O) groups is 1. The summed E-state index contributed by atoms with van der Waals surface area (Å²) < 4.78 is 0. The predicted octanol–water partition coefficient (Wildman–Crippen LogP) is 2.40. The number of nitrogens with zero attached hydrogens (tertiary/aromatic N) is 2. The summed E-state index contributed by atoms with van der Waals surface area (Å²) in [6.45, 7) is 3.98. The highest BCUT2D eigenvalue weighted by atomic mass is 16.3. The van der Waals surface area contributed by atoms with Gasteiger partial charge in [0.25, 0.3) is 5.91 Å². The number of hydrogen-bond acceptors (Lipinski definition) is 3. The van der Waals surface area contributed by atoms with Gasteiger partial charge in [0.2, 0.25) is 0 Å². The predicted molar refractivity (Wildman–Crippen MR) is 96.3 cm³/mol. The fourth-order valence-electron chi connectivity index (χ4n) is 3.72. The first-order valence-electron chi connectivity index (χ1n) is 8.63. The molecule has 1 aliphatic heterocycles. The summed E-state index contributed by atoms with van der Waals surface area (Å²) in [6, 6.07) is 7.99. The Kier molecular flexibility index (Phi) is 4.65. The summed E-state index contributed by atoms with van der Waals surface area (Å²) in [5.41, 5.74) is 2.10. The zero-order valence-corrected chi connectivity index (χ0v) is 14.8. The summed E-state index contributed by atoms with van der Waals surface area (Å²) >= 11 is 0. The molecule has 5 nitrogen and oxygen atoms in total. The van der Waals surface area contributed by atoms with Crippen LogP contribution in [0.4, 0.5) is 0 Å². The van der Waals surface area contributed by atoms with Gasteiger partial charge in [0.05, 0.1) is 5.60 Å². The molecule has 1 aromatic carbocycles. The molecular weight excluding hydrogens is 302 g/mol. The molecule has 0 radical (unpaired) electrons. The molecule has 3 rings (SSSR count). The maximum atomic E-state index is 12.9. The van der Waals surface area contributed by atoms with Gasteiger partial charge in [-0.3, -0.25) is 4.79 Å². The molecule has 1 amide bonds. The number of aliphatic hydroxyl groups is 1. The van der Waals surface area contributed by atoms with E-state index in [1.165, 1.54) is 5.56 Å². The highest BCUT2D eigenvalue weighted by molar-refractivity contribution is 5.98. The molecule has 1 aromatic heterocycles. The second-order valence-electron chi connectivity index (χ2n) is 7.33. The van der Waals surface area contributed by atoms with Crippen LogP contribution >= 0.6 is 0 Å². The van der Waals surface area contributed by atoms with Crippen LogP contribution in [0.15, 0.2) is 24.3 Å². The van der Waals surface area contributed by atoms with Crippen molar-refractivity contribution in [1.29, 1.82) is 0 Å². The van der Waals surface area contributed by atoms with Gasteiger partial charge in [-0.2, -0.15) is 0 Å². The summed E-state index contributed by atoms with van der Waals surface area (Å²) in [5.74, 6) is 0.0275. The van der Waals surface area contributed by atoms with Crippen LogP contribution in [0.5, 0.6) is 0 Å². The number of hydrogen-bond donors (Lipinski definition) is 2. The second-order valence-corrected chi connectivity index (χ2v) is 7.33. The van der Waals surface area contributed by atoms with Crippen LogP contribution in [0.1, 0.15) is 35.3 Å². The molecule has 0 saturated carbocycles. The first-order valence-corrected chi connectivity index (χ1v) is 8.63. The number of aromatic nitrogens is 1. The first-order chi connectivity index (χ1) is 11.4. The van der Waals surface area contributed by atoms with Crippen LogP contribution < -0.4 is 0 Å². The summed E-state index contributed by atoms with van der Waals surface area (Å²) in [4.78, 5) is 20.0. The van der Waals surface area contributed by atoms with Crippen LogP contribution in [0.2, 0.25) is 0 Å². The molecule has 2 N–H and O–H groups in total. The summed E-state index contributed by atoms with van der Waals surface area (Å²) in [6.07, 6.45) is 2.19. The Morgan fingerprint density at radius 3 is 2.83 bits per heavy atom. The fraction of sp³-hybridized carbons (Fsp3) is 0.526. The van der Waals surface area contributed by atoms with E-state index < -0.39 is 5.60 Å². The number of H-pyrrole nitrogens is 1. The van der Waals surface area contributed by atoms with Gasteiger partial charge in [-0.15, -0.1) is 0 Å². The molecular formula is C19H27N3O2. The molecule has 0 spiro atoms. The highest BCUT2D eigenvalue weighted by Crippen LogP contribution is 2.25. The zero-order valence-electron chi connectivity index (χ0n) is 14.8. The van der Waals surface area contributed by atoms with Crippen LogP contribution in [-0.4, -0.2) is 65.1 Å². The van der Waals surface area contributed by atoms with E-state index in [1.807, 2.05) is 42.1 Å². The minimum absolute atomic E-state index is 0.0275. The van der Waals surface area contributed by atoms with E-state index in [0.717, 1.165) is 23.7 Å². The van der Waals surface area contributed by atoms with Gasteiger partial charge in [0.15, 0.2) is 0 Å². The Morgan fingerprint density at radius 2 is 2.12 bits per heavy atom. The monoisotopic (exact) mass is 329 g/mol.